The number of hydrogen-bond acceptors (Lipinski definition) is 6. The van der Waals surface area contributed by atoms with Gasteiger partial charge in [0.25, 0.3) is 0 Å². The Kier molecular flexibility index (Phi) is 6.36. The number of nitrogens with zero attached hydrogens (tertiary/aromatic N) is 3. The number of allylic oxidation sites excluding steroid dienone is 2. The highest BCUT2D eigenvalue weighted by molar-refractivity contribution is 6.15. The lowest BCUT2D eigenvalue weighted by Gasteiger charge is -2.23. The third kappa shape index (κ3) is 4.58. The summed E-state index contributed by atoms with van der Waals surface area (Å²) in [5.41, 5.74) is 9.20. The standard InChI is InChI=1S/C49H29N3O3/c1-2-12-29-27-30(24-23-28(29)11-1)47-50-48(36-17-10-22-42-44(36)34-14-4-7-19-39(34)54-42)52-49(51-47)37-26-25-32(46-45(37)35-15-5-8-20-40(35)55-46)31-16-9-21-41-43(31)33-13-3-6-18-38(33)53-41/h1-27,41,43H. The molecule has 0 fully saturated rings. The average molecular weight is 708 g/mol. The molecule has 1 aliphatic heterocycles. The molecule has 0 N–H and O–H groups in total. The summed E-state index contributed by atoms with van der Waals surface area (Å²) in [7, 11) is 0. The van der Waals surface area contributed by atoms with Crippen molar-refractivity contribution in [2.45, 2.75) is 12.0 Å². The molecular weight excluding hydrogens is 679 g/mol. The van der Waals surface area contributed by atoms with E-state index in [4.69, 9.17) is 28.5 Å². The molecule has 2 unspecified atom stereocenters. The molecule has 0 saturated heterocycles. The first kappa shape index (κ1) is 30.2. The zero-order valence-corrected chi connectivity index (χ0v) is 29.3. The summed E-state index contributed by atoms with van der Waals surface area (Å²) in [5, 5.41) is 6.21. The lowest BCUT2D eigenvalue weighted by Crippen LogP contribution is -2.19. The van der Waals surface area contributed by atoms with Crippen LogP contribution in [0, 0.1) is 0 Å². The van der Waals surface area contributed by atoms with E-state index in [0.717, 1.165) is 88.2 Å². The van der Waals surface area contributed by atoms with E-state index in [-0.39, 0.29) is 12.0 Å². The van der Waals surface area contributed by atoms with E-state index in [1.54, 1.807) is 0 Å². The number of para-hydroxylation sites is 3. The molecule has 3 aromatic heterocycles. The molecule has 10 aromatic rings. The summed E-state index contributed by atoms with van der Waals surface area (Å²) >= 11 is 0. The van der Waals surface area contributed by atoms with Gasteiger partial charge in [0, 0.05) is 49.4 Å². The first-order valence-corrected chi connectivity index (χ1v) is 18.5. The van der Waals surface area contributed by atoms with Gasteiger partial charge in [-0.15, -0.1) is 0 Å². The minimum absolute atomic E-state index is 0.0389. The molecule has 12 rings (SSSR count). The Hall–Kier alpha value is -7.31. The predicted octanol–water partition coefficient (Wildman–Crippen LogP) is 12.3. The van der Waals surface area contributed by atoms with Crippen molar-refractivity contribution < 1.29 is 13.6 Å². The van der Waals surface area contributed by atoms with Crippen molar-refractivity contribution in [2.75, 3.05) is 0 Å². The van der Waals surface area contributed by atoms with Gasteiger partial charge in [0.1, 0.15) is 34.2 Å². The van der Waals surface area contributed by atoms with Gasteiger partial charge in [-0.2, -0.15) is 0 Å². The van der Waals surface area contributed by atoms with Crippen LogP contribution in [-0.2, 0) is 0 Å². The van der Waals surface area contributed by atoms with E-state index in [1.807, 2.05) is 48.5 Å². The number of fused-ring (bicyclic) bond motifs is 10. The summed E-state index contributed by atoms with van der Waals surface area (Å²) < 4.78 is 19.6. The minimum Gasteiger partial charge on any atom is -0.485 e. The molecule has 1 aliphatic carbocycles. The van der Waals surface area contributed by atoms with E-state index in [9.17, 15) is 0 Å². The summed E-state index contributed by atoms with van der Waals surface area (Å²) in [4.78, 5) is 15.8. The van der Waals surface area contributed by atoms with Crippen molar-refractivity contribution in [2.24, 2.45) is 0 Å². The zero-order chi connectivity index (χ0) is 36.0. The number of benzene rings is 7. The SMILES string of the molecule is C1=CC2Oc3ccccc3C2C(c2ccc(-c3nc(-c4ccc5ccccc5c4)nc(-c4cccc5oc6ccccc6c45)n3)c3c2oc2ccccc23)=C1. The van der Waals surface area contributed by atoms with E-state index >= 15 is 0 Å². The normalized spacial score (nSPS) is 16.2. The predicted molar refractivity (Wildman–Crippen MR) is 219 cm³/mol. The van der Waals surface area contributed by atoms with Crippen molar-refractivity contribution in [1.82, 2.24) is 15.0 Å². The monoisotopic (exact) mass is 707 g/mol. The fraction of sp³-hybridized carbons (Fsp3) is 0.0408. The highest BCUT2D eigenvalue weighted by Gasteiger charge is 2.38. The summed E-state index contributed by atoms with van der Waals surface area (Å²) in [6, 6.07) is 49.7. The quantitative estimate of drug-likeness (QED) is 0.181. The molecule has 0 radical (unpaired) electrons. The number of aromatic nitrogens is 3. The van der Waals surface area contributed by atoms with Crippen LogP contribution in [0.1, 0.15) is 17.0 Å². The highest BCUT2D eigenvalue weighted by Crippen LogP contribution is 2.50. The Morgan fingerprint density at radius 2 is 1.16 bits per heavy atom. The topological polar surface area (TPSA) is 74.2 Å². The molecule has 0 amide bonds. The molecule has 55 heavy (non-hydrogen) atoms. The van der Waals surface area contributed by atoms with Crippen molar-refractivity contribution in [3.63, 3.8) is 0 Å². The second kappa shape index (κ2) is 11.6. The van der Waals surface area contributed by atoms with Crippen molar-refractivity contribution >= 4 is 60.2 Å². The molecule has 0 spiro atoms. The minimum atomic E-state index is -0.0891. The molecule has 4 heterocycles. The summed E-state index contributed by atoms with van der Waals surface area (Å²) in [6.45, 7) is 0. The lowest BCUT2D eigenvalue weighted by molar-refractivity contribution is 0.271. The zero-order valence-electron chi connectivity index (χ0n) is 29.3. The van der Waals surface area contributed by atoms with E-state index in [2.05, 4.69) is 115 Å². The summed E-state index contributed by atoms with van der Waals surface area (Å²) in [5.74, 6) is 2.68. The fourth-order valence-corrected chi connectivity index (χ4v) is 8.64. The van der Waals surface area contributed by atoms with Gasteiger partial charge in [-0.1, -0.05) is 121 Å². The van der Waals surface area contributed by atoms with Gasteiger partial charge < -0.3 is 13.6 Å². The van der Waals surface area contributed by atoms with Crippen LogP contribution >= 0.6 is 0 Å². The van der Waals surface area contributed by atoms with Crippen LogP contribution < -0.4 is 4.74 Å². The molecule has 6 nitrogen and oxygen atoms in total. The maximum atomic E-state index is 6.82. The van der Waals surface area contributed by atoms with Crippen molar-refractivity contribution in [3.8, 4) is 39.9 Å². The van der Waals surface area contributed by atoms with Crippen LogP contribution in [0.3, 0.4) is 0 Å². The van der Waals surface area contributed by atoms with E-state index in [1.165, 1.54) is 5.56 Å². The molecule has 2 atom stereocenters. The van der Waals surface area contributed by atoms with Gasteiger partial charge in [-0.3, -0.25) is 0 Å². The summed E-state index contributed by atoms with van der Waals surface area (Å²) in [6.07, 6.45) is 6.35. The Morgan fingerprint density at radius 3 is 2.04 bits per heavy atom. The Balaban J connectivity index is 1.12. The molecule has 6 heteroatoms. The second-order valence-corrected chi connectivity index (χ2v) is 14.2. The van der Waals surface area contributed by atoms with Crippen LogP contribution in [0.25, 0.3) is 94.4 Å². The molecule has 2 aliphatic rings. The van der Waals surface area contributed by atoms with Gasteiger partial charge in [0.2, 0.25) is 0 Å². The van der Waals surface area contributed by atoms with Crippen LogP contribution in [0.2, 0.25) is 0 Å². The van der Waals surface area contributed by atoms with Crippen LogP contribution in [-0.4, -0.2) is 21.1 Å². The van der Waals surface area contributed by atoms with Gasteiger partial charge in [0.15, 0.2) is 17.5 Å². The molecule has 0 saturated carbocycles. The Morgan fingerprint density at radius 1 is 0.491 bits per heavy atom. The molecular formula is C49H29N3O3. The Labute approximate surface area is 314 Å². The Bertz CT molecular complexity index is 3280. The molecule has 0 bridgehead atoms. The van der Waals surface area contributed by atoms with Gasteiger partial charge in [-0.25, -0.2) is 15.0 Å². The number of rotatable bonds is 4. The van der Waals surface area contributed by atoms with Gasteiger partial charge >= 0.3 is 0 Å². The molecule has 7 aromatic carbocycles. The smallest absolute Gasteiger partial charge is 0.164 e. The molecule has 258 valence electrons. The second-order valence-electron chi connectivity index (χ2n) is 14.2. The number of furan rings is 2. The number of hydrogen-bond donors (Lipinski definition) is 0. The maximum Gasteiger partial charge on any atom is 0.164 e. The van der Waals surface area contributed by atoms with Crippen LogP contribution in [0.15, 0.2) is 173 Å². The van der Waals surface area contributed by atoms with Crippen LogP contribution in [0.5, 0.6) is 5.75 Å². The van der Waals surface area contributed by atoms with Gasteiger partial charge in [-0.05, 0) is 58.8 Å². The van der Waals surface area contributed by atoms with E-state index in [0.29, 0.717) is 17.5 Å². The van der Waals surface area contributed by atoms with Gasteiger partial charge in [0.05, 0.1) is 5.92 Å². The third-order valence-corrected chi connectivity index (χ3v) is 11.1. The van der Waals surface area contributed by atoms with E-state index < -0.39 is 0 Å². The van der Waals surface area contributed by atoms with Crippen molar-refractivity contribution in [3.05, 3.63) is 175 Å². The fourth-order valence-electron chi connectivity index (χ4n) is 8.64. The van der Waals surface area contributed by atoms with Crippen LogP contribution in [0.4, 0.5) is 0 Å². The first-order chi connectivity index (χ1) is 27.2. The third-order valence-electron chi connectivity index (χ3n) is 11.1. The largest absolute Gasteiger partial charge is 0.485 e. The maximum absolute atomic E-state index is 6.82. The highest BCUT2D eigenvalue weighted by atomic mass is 16.5. The average Bonchev–Trinajstić information content (AvgIpc) is 3.95. The first-order valence-electron chi connectivity index (χ1n) is 18.5. The lowest BCUT2D eigenvalue weighted by atomic mass is 9.80. The number of ether oxygens (including phenoxy) is 1. The van der Waals surface area contributed by atoms with Crippen molar-refractivity contribution in [1.29, 1.82) is 0 Å².